The summed E-state index contributed by atoms with van der Waals surface area (Å²) in [6, 6.07) is 7.75. The first-order valence-electron chi connectivity index (χ1n) is 5.81. The number of aromatic hydroxyl groups is 1. The van der Waals surface area contributed by atoms with Gasteiger partial charge in [0, 0.05) is 0 Å². The molecule has 0 bridgehead atoms. The van der Waals surface area contributed by atoms with Gasteiger partial charge in [0.15, 0.2) is 0 Å². The average Bonchev–Trinajstić information content (AvgIpc) is 2.75. The third-order valence-corrected chi connectivity index (χ3v) is 3.44. The van der Waals surface area contributed by atoms with Crippen molar-refractivity contribution in [2.24, 2.45) is 5.92 Å². The highest BCUT2D eigenvalue weighted by Crippen LogP contribution is 2.36. The number of phenols is 1. The quantitative estimate of drug-likeness (QED) is 0.794. The first kappa shape index (κ1) is 10.5. The summed E-state index contributed by atoms with van der Waals surface area (Å²) in [6.07, 6.45) is 2.33. The number of nitrogens with one attached hydrogen (secondary N) is 1. The lowest BCUT2D eigenvalue weighted by Gasteiger charge is -2.22. The Morgan fingerprint density at radius 3 is 2.87 bits per heavy atom. The fourth-order valence-corrected chi connectivity index (χ4v) is 2.63. The Kier molecular flexibility index (Phi) is 3.27. The van der Waals surface area contributed by atoms with Crippen molar-refractivity contribution < 1.29 is 5.11 Å². The van der Waals surface area contributed by atoms with E-state index in [2.05, 4.69) is 18.3 Å². The van der Waals surface area contributed by atoms with Crippen molar-refractivity contribution in [3.05, 3.63) is 29.8 Å². The Bertz CT molecular complexity index is 318. The zero-order valence-corrected chi connectivity index (χ0v) is 9.24. The van der Waals surface area contributed by atoms with E-state index in [1.807, 2.05) is 12.1 Å². The van der Waals surface area contributed by atoms with Gasteiger partial charge in [-0.1, -0.05) is 25.1 Å². The molecule has 0 saturated carbocycles. The van der Waals surface area contributed by atoms with E-state index < -0.39 is 0 Å². The van der Waals surface area contributed by atoms with Crippen LogP contribution in [0.4, 0.5) is 0 Å². The molecule has 1 aliphatic heterocycles. The number of benzene rings is 1. The van der Waals surface area contributed by atoms with Gasteiger partial charge in [-0.05, 0) is 49.4 Å². The second-order valence-corrected chi connectivity index (χ2v) is 4.33. The van der Waals surface area contributed by atoms with Crippen LogP contribution in [0.2, 0.25) is 0 Å². The molecule has 2 rings (SSSR count). The molecule has 2 nitrogen and oxygen atoms in total. The third-order valence-electron chi connectivity index (χ3n) is 3.44. The second-order valence-electron chi connectivity index (χ2n) is 4.33. The van der Waals surface area contributed by atoms with Crippen LogP contribution >= 0.6 is 0 Å². The van der Waals surface area contributed by atoms with Crippen molar-refractivity contribution in [3.8, 4) is 5.75 Å². The van der Waals surface area contributed by atoms with Gasteiger partial charge < -0.3 is 10.4 Å². The number of phenolic OH excluding ortho intramolecular Hbond substituents is 1. The summed E-state index contributed by atoms with van der Waals surface area (Å²) in [6.45, 7) is 4.41. The number of rotatable bonds is 3. The largest absolute Gasteiger partial charge is 0.508 e. The highest BCUT2D eigenvalue weighted by Gasteiger charge is 2.26. The van der Waals surface area contributed by atoms with Gasteiger partial charge in [-0.2, -0.15) is 0 Å². The van der Waals surface area contributed by atoms with Crippen molar-refractivity contribution in [3.63, 3.8) is 0 Å². The minimum atomic E-state index is 0.455. The standard InChI is InChI=1S/C13H19NO/c1-2-11(10-7-8-14-9-10)12-5-3-4-6-13(12)15/h3-6,10-11,14-15H,2,7-9H2,1H3. The molecular formula is C13H19NO. The molecule has 0 aliphatic carbocycles. The van der Waals surface area contributed by atoms with E-state index in [9.17, 15) is 5.11 Å². The van der Waals surface area contributed by atoms with Crippen molar-refractivity contribution in [2.75, 3.05) is 13.1 Å². The molecule has 1 saturated heterocycles. The maximum Gasteiger partial charge on any atom is 0.119 e. The van der Waals surface area contributed by atoms with Crippen LogP contribution in [0.1, 0.15) is 31.2 Å². The van der Waals surface area contributed by atoms with Gasteiger partial charge in [0.25, 0.3) is 0 Å². The second kappa shape index (κ2) is 4.67. The van der Waals surface area contributed by atoms with Crippen LogP contribution in [0.25, 0.3) is 0 Å². The molecule has 0 amide bonds. The van der Waals surface area contributed by atoms with E-state index in [-0.39, 0.29) is 0 Å². The van der Waals surface area contributed by atoms with Crippen LogP contribution < -0.4 is 5.32 Å². The molecule has 0 spiro atoms. The Morgan fingerprint density at radius 2 is 2.27 bits per heavy atom. The van der Waals surface area contributed by atoms with Crippen molar-refractivity contribution in [2.45, 2.75) is 25.7 Å². The van der Waals surface area contributed by atoms with Gasteiger partial charge in [-0.25, -0.2) is 0 Å². The molecule has 0 radical (unpaired) electrons. The molecule has 2 atom stereocenters. The minimum Gasteiger partial charge on any atom is -0.508 e. The lowest BCUT2D eigenvalue weighted by Crippen LogP contribution is -2.16. The fraction of sp³-hybridized carbons (Fsp3) is 0.538. The molecule has 2 N–H and O–H groups in total. The van der Waals surface area contributed by atoms with Crippen molar-refractivity contribution in [1.29, 1.82) is 0 Å². The average molecular weight is 205 g/mol. The van der Waals surface area contributed by atoms with E-state index in [0.717, 1.165) is 25.1 Å². The minimum absolute atomic E-state index is 0.455. The smallest absolute Gasteiger partial charge is 0.119 e. The molecule has 82 valence electrons. The summed E-state index contributed by atoms with van der Waals surface area (Å²) in [7, 11) is 0. The molecule has 0 aromatic heterocycles. The normalized spacial score (nSPS) is 22.9. The van der Waals surface area contributed by atoms with Gasteiger partial charge in [-0.15, -0.1) is 0 Å². The fourth-order valence-electron chi connectivity index (χ4n) is 2.63. The van der Waals surface area contributed by atoms with E-state index in [1.165, 1.54) is 6.42 Å². The summed E-state index contributed by atoms with van der Waals surface area (Å²) in [5.41, 5.74) is 1.12. The first-order valence-corrected chi connectivity index (χ1v) is 5.81. The lowest BCUT2D eigenvalue weighted by atomic mass is 9.83. The third kappa shape index (κ3) is 2.15. The van der Waals surface area contributed by atoms with Crippen LogP contribution in [0.5, 0.6) is 5.75 Å². The van der Waals surface area contributed by atoms with Crippen LogP contribution in [0, 0.1) is 5.92 Å². The summed E-state index contributed by atoms with van der Waals surface area (Å²) in [5.74, 6) is 1.64. The molecular weight excluding hydrogens is 186 g/mol. The Balaban J connectivity index is 2.22. The van der Waals surface area contributed by atoms with E-state index in [0.29, 0.717) is 17.6 Å². The number of hydrogen-bond donors (Lipinski definition) is 2. The lowest BCUT2D eigenvalue weighted by molar-refractivity contribution is 0.412. The maximum absolute atomic E-state index is 9.85. The summed E-state index contributed by atoms with van der Waals surface area (Å²) in [4.78, 5) is 0. The molecule has 1 aliphatic rings. The maximum atomic E-state index is 9.85. The van der Waals surface area contributed by atoms with Crippen molar-refractivity contribution >= 4 is 0 Å². The predicted molar refractivity (Wildman–Crippen MR) is 62.1 cm³/mol. The zero-order valence-electron chi connectivity index (χ0n) is 9.24. The van der Waals surface area contributed by atoms with E-state index >= 15 is 0 Å². The highest BCUT2D eigenvalue weighted by atomic mass is 16.3. The van der Waals surface area contributed by atoms with Crippen LogP contribution in [0.15, 0.2) is 24.3 Å². The van der Waals surface area contributed by atoms with Crippen LogP contribution in [-0.4, -0.2) is 18.2 Å². The molecule has 1 fully saturated rings. The zero-order chi connectivity index (χ0) is 10.7. The Hall–Kier alpha value is -1.02. The monoisotopic (exact) mass is 205 g/mol. The Morgan fingerprint density at radius 1 is 1.47 bits per heavy atom. The number of para-hydroxylation sites is 1. The van der Waals surface area contributed by atoms with Crippen molar-refractivity contribution in [1.82, 2.24) is 5.32 Å². The topological polar surface area (TPSA) is 32.3 Å². The predicted octanol–water partition coefficient (Wildman–Crippen LogP) is 2.50. The first-order chi connectivity index (χ1) is 7.33. The Labute approximate surface area is 91.3 Å². The van der Waals surface area contributed by atoms with E-state index in [1.54, 1.807) is 6.07 Å². The molecule has 2 unspecified atom stereocenters. The SMILES string of the molecule is CCC(c1ccccc1O)C1CCNC1. The van der Waals surface area contributed by atoms with E-state index in [4.69, 9.17) is 0 Å². The highest BCUT2D eigenvalue weighted by molar-refractivity contribution is 5.35. The van der Waals surface area contributed by atoms with Gasteiger partial charge in [-0.3, -0.25) is 0 Å². The van der Waals surface area contributed by atoms with Gasteiger partial charge >= 0.3 is 0 Å². The van der Waals surface area contributed by atoms with Crippen LogP contribution in [-0.2, 0) is 0 Å². The van der Waals surface area contributed by atoms with Gasteiger partial charge in [0.05, 0.1) is 0 Å². The molecule has 1 aromatic rings. The summed E-state index contributed by atoms with van der Waals surface area (Å²) in [5, 5.41) is 13.2. The van der Waals surface area contributed by atoms with Gasteiger partial charge in [0.2, 0.25) is 0 Å². The summed E-state index contributed by atoms with van der Waals surface area (Å²) < 4.78 is 0. The van der Waals surface area contributed by atoms with Gasteiger partial charge in [0.1, 0.15) is 5.75 Å². The molecule has 1 heterocycles. The number of hydrogen-bond acceptors (Lipinski definition) is 2. The molecule has 1 aromatic carbocycles. The molecule has 2 heteroatoms. The summed E-state index contributed by atoms with van der Waals surface area (Å²) >= 11 is 0. The molecule has 15 heavy (non-hydrogen) atoms. The van der Waals surface area contributed by atoms with Crippen LogP contribution in [0.3, 0.4) is 0 Å².